The summed E-state index contributed by atoms with van der Waals surface area (Å²) in [6.45, 7) is 4.49. The normalized spacial score (nSPS) is 14.8. The Morgan fingerprint density at radius 1 is 1.15 bits per heavy atom. The average molecular weight is 462 g/mol. The lowest BCUT2D eigenvalue weighted by molar-refractivity contribution is 0.159. The van der Waals surface area contributed by atoms with Gasteiger partial charge in [0.25, 0.3) is 0 Å². The van der Waals surface area contributed by atoms with E-state index in [1.54, 1.807) is 13.4 Å². The van der Waals surface area contributed by atoms with Gasteiger partial charge < -0.3 is 18.6 Å². The minimum absolute atomic E-state index is 0.303. The van der Waals surface area contributed by atoms with Crippen LogP contribution in [0.5, 0.6) is 17.2 Å². The smallest absolute Gasteiger partial charge is 0.138 e. The largest absolute Gasteiger partial charge is 0.497 e. The van der Waals surface area contributed by atoms with Crippen LogP contribution in [0.1, 0.15) is 25.0 Å². The zero-order chi connectivity index (χ0) is 18.3. The Hall–Kier alpha value is -2.15. The Balaban J connectivity index is 1.62. The molecule has 0 saturated heterocycles. The van der Waals surface area contributed by atoms with Crippen LogP contribution in [-0.4, -0.2) is 12.7 Å². The SMILES string of the molecule is COc1ccc(I)c(OCc2coc3cc4c(cc23)C=CC(C)(C)O4)c1. The van der Waals surface area contributed by atoms with Crippen molar-refractivity contribution in [1.29, 1.82) is 0 Å². The molecule has 0 spiro atoms. The first-order valence-corrected chi connectivity index (χ1v) is 9.42. The highest BCUT2D eigenvalue weighted by molar-refractivity contribution is 14.1. The number of fused-ring (bicyclic) bond motifs is 2. The van der Waals surface area contributed by atoms with Crippen molar-refractivity contribution in [3.05, 3.63) is 57.4 Å². The quantitative estimate of drug-likeness (QED) is 0.459. The van der Waals surface area contributed by atoms with E-state index in [9.17, 15) is 0 Å². The number of methoxy groups -OCH3 is 1. The fourth-order valence-corrected chi connectivity index (χ4v) is 3.43. The van der Waals surface area contributed by atoms with Gasteiger partial charge in [-0.1, -0.05) is 6.08 Å². The third-order valence-corrected chi connectivity index (χ3v) is 5.24. The summed E-state index contributed by atoms with van der Waals surface area (Å²) in [7, 11) is 1.65. The number of furan rings is 1. The number of hydrogen-bond acceptors (Lipinski definition) is 4. The molecule has 0 saturated carbocycles. The first-order valence-electron chi connectivity index (χ1n) is 8.34. The maximum absolute atomic E-state index is 6.01. The Morgan fingerprint density at radius 2 is 2.00 bits per heavy atom. The average Bonchev–Trinajstić information content (AvgIpc) is 3.00. The Labute approximate surface area is 165 Å². The topological polar surface area (TPSA) is 40.8 Å². The van der Waals surface area contributed by atoms with Gasteiger partial charge in [0.15, 0.2) is 0 Å². The van der Waals surface area contributed by atoms with Crippen molar-refractivity contribution in [3.63, 3.8) is 0 Å². The molecule has 4 nitrogen and oxygen atoms in total. The van der Waals surface area contributed by atoms with E-state index in [0.717, 1.165) is 42.9 Å². The van der Waals surface area contributed by atoms with Gasteiger partial charge in [0.2, 0.25) is 0 Å². The van der Waals surface area contributed by atoms with Crippen molar-refractivity contribution in [2.24, 2.45) is 0 Å². The lowest BCUT2D eigenvalue weighted by Crippen LogP contribution is -2.27. The van der Waals surface area contributed by atoms with Crippen molar-refractivity contribution in [1.82, 2.24) is 0 Å². The molecule has 1 aliphatic heterocycles. The molecule has 0 unspecified atom stereocenters. The monoisotopic (exact) mass is 462 g/mol. The predicted octanol–water partition coefficient (Wildman–Crippen LogP) is 5.81. The highest BCUT2D eigenvalue weighted by Gasteiger charge is 2.23. The van der Waals surface area contributed by atoms with Crippen LogP contribution in [0.3, 0.4) is 0 Å². The Morgan fingerprint density at radius 3 is 2.81 bits per heavy atom. The van der Waals surface area contributed by atoms with E-state index in [1.807, 2.05) is 38.1 Å². The third kappa shape index (κ3) is 3.28. The third-order valence-electron chi connectivity index (χ3n) is 4.34. The maximum atomic E-state index is 6.01. The molecule has 2 heterocycles. The van der Waals surface area contributed by atoms with Gasteiger partial charge in [0.1, 0.15) is 35.0 Å². The van der Waals surface area contributed by atoms with Gasteiger partial charge in [-0.25, -0.2) is 0 Å². The van der Waals surface area contributed by atoms with Crippen molar-refractivity contribution in [3.8, 4) is 17.2 Å². The highest BCUT2D eigenvalue weighted by atomic mass is 127. The fraction of sp³-hybridized carbons (Fsp3) is 0.238. The van der Waals surface area contributed by atoms with Crippen LogP contribution in [0.25, 0.3) is 17.0 Å². The standard InChI is InChI=1S/C21H19IO4/c1-21(2)7-6-13-8-16-14(11-24-19(16)10-18(13)26-21)12-25-20-9-15(23-3)4-5-17(20)22/h4-11H,12H2,1-3H3. The molecule has 3 aromatic rings. The molecule has 1 aliphatic rings. The molecule has 0 atom stereocenters. The number of hydrogen-bond donors (Lipinski definition) is 0. The molecule has 4 rings (SSSR count). The summed E-state index contributed by atoms with van der Waals surface area (Å²) in [6.07, 6.45) is 5.91. The van der Waals surface area contributed by atoms with Gasteiger partial charge >= 0.3 is 0 Å². The van der Waals surface area contributed by atoms with E-state index < -0.39 is 0 Å². The summed E-state index contributed by atoms with van der Waals surface area (Å²) in [5.41, 5.74) is 2.55. The Kier molecular flexibility index (Phi) is 4.34. The second-order valence-electron chi connectivity index (χ2n) is 6.77. The lowest BCUT2D eigenvalue weighted by Gasteiger charge is -2.27. The zero-order valence-electron chi connectivity index (χ0n) is 14.8. The predicted molar refractivity (Wildman–Crippen MR) is 110 cm³/mol. The van der Waals surface area contributed by atoms with E-state index in [4.69, 9.17) is 18.6 Å². The van der Waals surface area contributed by atoms with Crippen molar-refractivity contribution in [2.45, 2.75) is 26.1 Å². The van der Waals surface area contributed by atoms with Crippen LogP contribution in [0.4, 0.5) is 0 Å². The summed E-state index contributed by atoms with van der Waals surface area (Å²) < 4.78 is 24.1. The van der Waals surface area contributed by atoms with E-state index in [0.29, 0.717) is 6.61 Å². The molecule has 5 heteroatoms. The fourth-order valence-electron chi connectivity index (χ4n) is 2.94. The summed E-state index contributed by atoms with van der Waals surface area (Å²) in [5.74, 6) is 2.41. The molecule has 1 aromatic heterocycles. The van der Waals surface area contributed by atoms with Gasteiger partial charge in [-0.2, -0.15) is 0 Å². The van der Waals surface area contributed by atoms with Gasteiger partial charge in [-0.3, -0.25) is 0 Å². The van der Waals surface area contributed by atoms with Crippen LogP contribution in [-0.2, 0) is 6.61 Å². The first kappa shape index (κ1) is 17.3. The maximum Gasteiger partial charge on any atom is 0.138 e. The van der Waals surface area contributed by atoms with Crippen LogP contribution in [0, 0.1) is 3.57 Å². The molecule has 0 bridgehead atoms. The highest BCUT2D eigenvalue weighted by Crippen LogP contribution is 2.36. The van der Waals surface area contributed by atoms with Crippen molar-refractivity contribution < 1.29 is 18.6 Å². The summed E-state index contributed by atoms with van der Waals surface area (Å²) in [6, 6.07) is 9.83. The minimum atomic E-state index is -0.303. The molecule has 0 aliphatic carbocycles. The van der Waals surface area contributed by atoms with Gasteiger partial charge in [-0.15, -0.1) is 0 Å². The number of ether oxygens (including phenoxy) is 3. The molecule has 2 aromatic carbocycles. The van der Waals surface area contributed by atoms with Gasteiger partial charge in [-0.05, 0) is 60.7 Å². The van der Waals surface area contributed by atoms with E-state index in [2.05, 4.69) is 40.8 Å². The number of benzene rings is 2. The van der Waals surface area contributed by atoms with Crippen LogP contribution in [0.2, 0.25) is 0 Å². The summed E-state index contributed by atoms with van der Waals surface area (Å²) >= 11 is 2.25. The van der Waals surface area contributed by atoms with Gasteiger partial charge in [0.05, 0.1) is 16.9 Å². The summed E-state index contributed by atoms with van der Waals surface area (Å²) in [4.78, 5) is 0. The minimum Gasteiger partial charge on any atom is -0.497 e. The molecule has 0 radical (unpaired) electrons. The first-order chi connectivity index (χ1) is 12.4. The number of halogens is 1. The van der Waals surface area contributed by atoms with Crippen LogP contribution in [0.15, 0.2) is 47.1 Å². The zero-order valence-corrected chi connectivity index (χ0v) is 17.0. The van der Waals surface area contributed by atoms with E-state index in [-0.39, 0.29) is 5.60 Å². The van der Waals surface area contributed by atoms with Crippen LogP contribution < -0.4 is 14.2 Å². The van der Waals surface area contributed by atoms with Crippen LogP contribution >= 0.6 is 22.6 Å². The molecule has 26 heavy (non-hydrogen) atoms. The summed E-state index contributed by atoms with van der Waals surface area (Å²) in [5, 5.41) is 1.04. The lowest BCUT2D eigenvalue weighted by atomic mass is 10.0. The molecule has 134 valence electrons. The second-order valence-corrected chi connectivity index (χ2v) is 7.93. The van der Waals surface area contributed by atoms with E-state index >= 15 is 0 Å². The molecular weight excluding hydrogens is 443 g/mol. The molecule has 0 amide bonds. The molecular formula is C21H19IO4. The number of rotatable bonds is 4. The van der Waals surface area contributed by atoms with Crippen molar-refractivity contribution in [2.75, 3.05) is 7.11 Å². The van der Waals surface area contributed by atoms with Gasteiger partial charge in [0, 0.05) is 28.6 Å². The van der Waals surface area contributed by atoms with Crippen molar-refractivity contribution >= 4 is 39.6 Å². The van der Waals surface area contributed by atoms with E-state index in [1.165, 1.54) is 0 Å². The second kappa shape index (κ2) is 6.54. The Bertz CT molecular complexity index is 1000. The molecule has 0 fully saturated rings. The molecule has 0 N–H and O–H groups in total.